The van der Waals surface area contributed by atoms with E-state index in [1.54, 1.807) is 4.90 Å². The van der Waals surface area contributed by atoms with Crippen molar-refractivity contribution in [2.24, 2.45) is 0 Å². The average molecular weight is 332 g/mol. The first-order valence-electron chi connectivity index (χ1n) is 9.04. The Bertz CT molecular complexity index is 517. The second-order valence-electron chi connectivity index (χ2n) is 6.91. The number of amides is 1. The fourth-order valence-corrected chi connectivity index (χ4v) is 3.63. The molecule has 0 spiro atoms. The number of aliphatic hydroxyl groups excluding tert-OH is 1. The summed E-state index contributed by atoms with van der Waals surface area (Å²) in [5, 5.41) is 10.5. The van der Waals surface area contributed by atoms with Gasteiger partial charge >= 0.3 is 0 Å². The Hall–Kier alpha value is -1.43. The largest absolute Gasteiger partial charge is 0.390 e. The zero-order valence-electron chi connectivity index (χ0n) is 14.3. The second kappa shape index (κ2) is 8.60. The minimum atomic E-state index is -0.517. The minimum Gasteiger partial charge on any atom is -0.390 e. The highest BCUT2D eigenvalue weighted by Crippen LogP contribution is 2.16. The smallest absolute Gasteiger partial charge is 0.222 e. The van der Waals surface area contributed by atoms with Gasteiger partial charge in [0.15, 0.2) is 0 Å². The molecule has 1 aromatic carbocycles. The Labute approximate surface area is 144 Å². The highest BCUT2D eigenvalue weighted by molar-refractivity contribution is 5.78. The van der Waals surface area contributed by atoms with Crippen LogP contribution in [0.1, 0.15) is 31.2 Å². The summed E-state index contributed by atoms with van der Waals surface area (Å²) in [6.07, 6.45) is 3.48. The van der Waals surface area contributed by atoms with Crippen molar-refractivity contribution >= 4 is 5.91 Å². The van der Waals surface area contributed by atoms with Gasteiger partial charge in [0.2, 0.25) is 5.91 Å². The first-order chi connectivity index (χ1) is 11.7. The van der Waals surface area contributed by atoms with Gasteiger partial charge in [0.1, 0.15) is 0 Å². The lowest BCUT2D eigenvalue weighted by Gasteiger charge is -2.29. The van der Waals surface area contributed by atoms with E-state index in [9.17, 15) is 9.90 Å². The minimum absolute atomic E-state index is 0.169. The number of likely N-dealkylation sites (tertiary alicyclic amines) is 1. The summed E-state index contributed by atoms with van der Waals surface area (Å²) in [5.74, 6) is 0.169. The molecule has 2 unspecified atom stereocenters. The van der Waals surface area contributed by atoms with E-state index in [1.807, 2.05) is 18.2 Å². The number of hydrogen-bond acceptors (Lipinski definition) is 4. The van der Waals surface area contributed by atoms with Gasteiger partial charge in [-0.1, -0.05) is 30.3 Å². The van der Waals surface area contributed by atoms with Crippen LogP contribution >= 0.6 is 0 Å². The summed E-state index contributed by atoms with van der Waals surface area (Å²) >= 11 is 0. The molecule has 0 aliphatic carbocycles. The molecule has 0 radical (unpaired) electrons. The van der Waals surface area contributed by atoms with Gasteiger partial charge in [-0.3, -0.25) is 9.69 Å². The van der Waals surface area contributed by atoms with Crippen molar-refractivity contribution in [1.82, 2.24) is 9.80 Å². The van der Waals surface area contributed by atoms with Gasteiger partial charge in [-0.05, 0) is 24.8 Å². The molecule has 5 nitrogen and oxygen atoms in total. The van der Waals surface area contributed by atoms with Crippen molar-refractivity contribution in [3.8, 4) is 0 Å². The summed E-state index contributed by atoms with van der Waals surface area (Å²) in [5.41, 5.74) is 1.24. The van der Waals surface area contributed by atoms with Gasteiger partial charge < -0.3 is 14.7 Å². The topological polar surface area (TPSA) is 53.0 Å². The van der Waals surface area contributed by atoms with E-state index in [0.717, 1.165) is 45.5 Å². The zero-order chi connectivity index (χ0) is 16.8. The maximum Gasteiger partial charge on any atom is 0.222 e. The number of ether oxygens (including phenoxy) is 1. The van der Waals surface area contributed by atoms with Crippen LogP contribution in [0, 0.1) is 0 Å². The summed E-state index contributed by atoms with van der Waals surface area (Å²) in [6.45, 7) is 4.26. The van der Waals surface area contributed by atoms with Crippen LogP contribution in [0.4, 0.5) is 0 Å². The molecular formula is C19H28N2O3. The van der Waals surface area contributed by atoms with Gasteiger partial charge in [-0.2, -0.15) is 0 Å². The number of carbonyl (C=O) groups is 1. The molecule has 1 aromatic rings. The van der Waals surface area contributed by atoms with Crippen LogP contribution in [0.2, 0.25) is 0 Å². The van der Waals surface area contributed by atoms with Gasteiger partial charge in [0, 0.05) is 45.8 Å². The molecular weight excluding hydrogens is 304 g/mol. The Kier molecular flexibility index (Phi) is 6.24. The van der Waals surface area contributed by atoms with Crippen LogP contribution in [0.5, 0.6) is 0 Å². The number of carbonyl (C=O) groups excluding carboxylic acids is 1. The summed E-state index contributed by atoms with van der Waals surface area (Å²) in [6, 6.07) is 10.3. The Morgan fingerprint density at radius 3 is 2.79 bits per heavy atom. The lowest BCUT2D eigenvalue weighted by atomic mass is 10.1. The molecule has 1 amide bonds. The van der Waals surface area contributed by atoms with E-state index in [-0.39, 0.29) is 12.0 Å². The van der Waals surface area contributed by atoms with E-state index in [2.05, 4.69) is 17.0 Å². The Balaban J connectivity index is 1.56. The van der Waals surface area contributed by atoms with E-state index in [4.69, 9.17) is 4.74 Å². The standard InChI is InChI=1S/C19H28N2O3/c22-17(14-21-10-4-9-19(21)23)13-20(15-18-8-5-11-24-18)12-16-6-2-1-3-7-16/h1-3,6-7,17-18,22H,4-5,8-15H2. The summed E-state index contributed by atoms with van der Waals surface area (Å²) in [7, 11) is 0. The highest BCUT2D eigenvalue weighted by atomic mass is 16.5. The van der Waals surface area contributed by atoms with Gasteiger partial charge in [-0.15, -0.1) is 0 Å². The SMILES string of the molecule is O=C1CCCN1CC(O)CN(Cc1ccccc1)CC1CCCO1. The third kappa shape index (κ3) is 5.03. The highest BCUT2D eigenvalue weighted by Gasteiger charge is 2.25. The quantitative estimate of drug-likeness (QED) is 0.786. The molecule has 5 heteroatoms. The molecule has 2 atom stereocenters. The van der Waals surface area contributed by atoms with Crippen molar-refractivity contribution in [2.45, 2.75) is 44.4 Å². The van der Waals surface area contributed by atoms with Crippen LogP contribution in [0.3, 0.4) is 0 Å². The molecule has 2 saturated heterocycles. The molecule has 0 saturated carbocycles. The monoisotopic (exact) mass is 332 g/mol. The number of hydrogen-bond donors (Lipinski definition) is 1. The van der Waals surface area contributed by atoms with E-state index >= 15 is 0 Å². The average Bonchev–Trinajstić information content (AvgIpc) is 3.21. The lowest BCUT2D eigenvalue weighted by Crippen LogP contribution is -2.42. The van der Waals surface area contributed by atoms with Crippen LogP contribution in [-0.2, 0) is 16.1 Å². The third-order valence-corrected chi connectivity index (χ3v) is 4.81. The predicted molar refractivity (Wildman–Crippen MR) is 92.5 cm³/mol. The molecule has 2 heterocycles. The maximum atomic E-state index is 11.7. The molecule has 0 bridgehead atoms. The molecule has 0 aromatic heterocycles. The summed E-state index contributed by atoms with van der Waals surface area (Å²) < 4.78 is 5.77. The van der Waals surface area contributed by atoms with E-state index < -0.39 is 6.10 Å². The van der Waals surface area contributed by atoms with Gasteiger partial charge in [-0.25, -0.2) is 0 Å². The number of rotatable bonds is 8. The number of aliphatic hydroxyl groups is 1. The van der Waals surface area contributed by atoms with Crippen LogP contribution in [0.15, 0.2) is 30.3 Å². The van der Waals surface area contributed by atoms with Crippen molar-refractivity contribution in [3.05, 3.63) is 35.9 Å². The van der Waals surface area contributed by atoms with Crippen LogP contribution < -0.4 is 0 Å². The fraction of sp³-hybridized carbons (Fsp3) is 0.632. The first-order valence-corrected chi connectivity index (χ1v) is 9.04. The van der Waals surface area contributed by atoms with Gasteiger partial charge in [0.25, 0.3) is 0 Å². The van der Waals surface area contributed by atoms with Crippen molar-refractivity contribution in [3.63, 3.8) is 0 Å². The van der Waals surface area contributed by atoms with Crippen molar-refractivity contribution in [2.75, 3.05) is 32.8 Å². The summed E-state index contributed by atoms with van der Waals surface area (Å²) in [4.78, 5) is 15.8. The second-order valence-corrected chi connectivity index (χ2v) is 6.91. The van der Waals surface area contributed by atoms with Crippen molar-refractivity contribution < 1.29 is 14.6 Å². The Morgan fingerprint density at radius 1 is 1.29 bits per heavy atom. The number of nitrogens with zero attached hydrogens (tertiary/aromatic N) is 2. The lowest BCUT2D eigenvalue weighted by molar-refractivity contribution is -0.129. The zero-order valence-corrected chi connectivity index (χ0v) is 14.3. The first kappa shape index (κ1) is 17.4. The van der Waals surface area contributed by atoms with E-state index in [1.165, 1.54) is 5.56 Å². The molecule has 2 fully saturated rings. The Morgan fingerprint density at radius 2 is 2.12 bits per heavy atom. The molecule has 3 rings (SSSR count). The molecule has 1 N–H and O–H groups in total. The van der Waals surface area contributed by atoms with Crippen LogP contribution in [-0.4, -0.2) is 65.8 Å². The fourth-order valence-electron chi connectivity index (χ4n) is 3.63. The number of β-amino-alcohol motifs (C(OH)–C–C–N with tert-alkyl or cyclic N) is 1. The van der Waals surface area contributed by atoms with Gasteiger partial charge in [0.05, 0.1) is 12.2 Å². The maximum absolute atomic E-state index is 11.7. The number of benzene rings is 1. The van der Waals surface area contributed by atoms with Crippen molar-refractivity contribution in [1.29, 1.82) is 0 Å². The van der Waals surface area contributed by atoms with E-state index in [0.29, 0.717) is 19.5 Å². The predicted octanol–water partition coefficient (Wildman–Crippen LogP) is 1.65. The normalized spacial score (nSPS) is 22.5. The third-order valence-electron chi connectivity index (χ3n) is 4.81. The molecule has 132 valence electrons. The molecule has 24 heavy (non-hydrogen) atoms. The van der Waals surface area contributed by atoms with Crippen LogP contribution in [0.25, 0.3) is 0 Å². The molecule has 2 aliphatic rings. The molecule has 2 aliphatic heterocycles.